The van der Waals surface area contributed by atoms with Crippen LogP contribution in [0.15, 0.2) is 12.1 Å². The predicted octanol–water partition coefficient (Wildman–Crippen LogP) is 4.87. The van der Waals surface area contributed by atoms with Gasteiger partial charge in [-0.05, 0) is 54.2 Å². The molecule has 2 rings (SSSR count). The van der Waals surface area contributed by atoms with Gasteiger partial charge in [-0.1, -0.05) is 45.7 Å². The van der Waals surface area contributed by atoms with Gasteiger partial charge in [-0.2, -0.15) is 0 Å². The van der Waals surface area contributed by atoms with Gasteiger partial charge in [0, 0.05) is 0 Å². The number of aromatic hydroxyl groups is 1. The molecular formula is C17H26O. The van der Waals surface area contributed by atoms with E-state index in [1.807, 2.05) is 13.8 Å². The van der Waals surface area contributed by atoms with E-state index < -0.39 is 0 Å². The zero-order valence-corrected chi connectivity index (χ0v) is 12.4. The van der Waals surface area contributed by atoms with Crippen molar-refractivity contribution in [3.05, 3.63) is 28.8 Å². The van der Waals surface area contributed by atoms with Gasteiger partial charge in [-0.25, -0.2) is 0 Å². The quantitative estimate of drug-likeness (QED) is 0.749. The molecule has 0 bridgehead atoms. The number of phenols is 1. The zero-order valence-electron chi connectivity index (χ0n) is 12.4. The molecule has 1 N–H and O–H groups in total. The number of aryl methyl sites for hydroxylation is 2. The third kappa shape index (κ3) is 1.94. The molecule has 1 atom stereocenters. The van der Waals surface area contributed by atoms with E-state index in [9.17, 15) is 5.11 Å². The molecule has 18 heavy (non-hydrogen) atoms. The Kier molecular flexibility index (Phi) is 3.21. The van der Waals surface area contributed by atoms with E-state index in [2.05, 4.69) is 32.9 Å². The Hall–Kier alpha value is -0.980. The highest BCUT2D eigenvalue weighted by atomic mass is 16.3. The number of phenolic OH excluding ortho intramolecular Hbond substituents is 1. The summed E-state index contributed by atoms with van der Waals surface area (Å²) >= 11 is 0. The second-order valence-electron chi connectivity index (χ2n) is 6.88. The maximum absolute atomic E-state index is 9.94. The molecule has 1 nitrogen and oxygen atoms in total. The van der Waals surface area contributed by atoms with Crippen LogP contribution in [-0.4, -0.2) is 5.11 Å². The minimum absolute atomic E-state index is 0.231. The average Bonchev–Trinajstić information content (AvgIpc) is 2.29. The van der Waals surface area contributed by atoms with Crippen molar-refractivity contribution in [3.8, 4) is 5.75 Å². The first-order valence-electron chi connectivity index (χ1n) is 7.09. The summed E-state index contributed by atoms with van der Waals surface area (Å²) < 4.78 is 0. The summed E-state index contributed by atoms with van der Waals surface area (Å²) in [5.41, 5.74) is 3.98. The lowest BCUT2D eigenvalue weighted by Crippen LogP contribution is -2.42. The first-order chi connectivity index (χ1) is 8.28. The van der Waals surface area contributed by atoms with Gasteiger partial charge in [-0.3, -0.25) is 0 Å². The van der Waals surface area contributed by atoms with Gasteiger partial charge in [0.1, 0.15) is 5.75 Å². The topological polar surface area (TPSA) is 20.2 Å². The van der Waals surface area contributed by atoms with Crippen molar-refractivity contribution >= 4 is 0 Å². The van der Waals surface area contributed by atoms with Crippen LogP contribution in [0.2, 0.25) is 0 Å². The van der Waals surface area contributed by atoms with Gasteiger partial charge in [0.15, 0.2) is 0 Å². The van der Waals surface area contributed by atoms with E-state index in [1.54, 1.807) is 0 Å². The van der Waals surface area contributed by atoms with Crippen LogP contribution in [0.25, 0.3) is 0 Å². The minimum atomic E-state index is 0.231. The second-order valence-corrected chi connectivity index (χ2v) is 6.88. The standard InChI is InChI=1S/C17H26O/c1-12-10-14(11-13(2)15(12)18)17(5)9-7-6-8-16(17,3)4/h10-11,18H,6-9H2,1-5H3. The Balaban J connectivity index is 2.53. The molecule has 1 aliphatic rings. The number of rotatable bonds is 1. The normalized spacial score (nSPS) is 27.2. The van der Waals surface area contributed by atoms with Crippen LogP contribution in [0.1, 0.15) is 63.1 Å². The summed E-state index contributed by atoms with van der Waals surface area (Å²) in [6.45, 7) is 11.2. The Morgan fingerprint density at radius 3 is 1.94 bits per heavy atom. The fourth-order valence-corrected chi connectivity index (χ4v) is 3.47. The molecule has 1 heteroatoms. The molecule has 0 saturated heterocycles. The molecule has 0 aromatic heterocycles. The maximum Gasteiger partial charge on any atom is 0.121 e. The SMILES string of the molecule is Cc1cc(C2(C)CCCCC2(C)C)cc(C)c1O. The van der Waals surface area contributed by atoms with Crippen molar-refractivity contribution in [2.45, 2.75) is 65.7 Å². The highest BCUT2D eigenvalue weighted by Gasteiger charge is 2.44. The second kappa shape index (κ2) is 4.29. The summed E-state index contributed by atoms with van der Waals surface area (Å²) in [5.74, 6) is 0.455. The maximum atomic E-state index is 9.94. The molecule has 1 unspecified atom stereocenters. The molecule has 1 aromatic rings. The van der Waals surface area contributed by atoms with Crippen molar-refractivity contribution in [2.75, 3.05) is 0 Å². The molecule has 0 spiro atoms. The molecular weight excluding hydrogens is 220 g/mol. The van der Waals surface area contributed by atoms with Gasteiger partial charge in [-0.15, -0.1) is 0 Å². The Bertz CT molecular complexity index is 436. The first-order valence-corrected chi connectivity index (χ1v) is 7.09. The highest BCUT2D eigenvalue weighted by molar-refractivity contribution is 5.45. The van der Waals surface area contributed by atoms with Crippen molar-refractivity contribution in [1.82, 2.24) is 0 Å². The van der Waals surface area contributed by atoms with Gasteiger partial charge in [0.25, 0.3) is 0 Å². The third-order valence-corrected chi connectivity index (χ3v) is 5.35. The molecule has 0 aliphatic heterocycles. The number of benzene rings is 1. The fraction of sp³-hybridized carbons (Fsp3) is 0.647. The summed E-state index contributed by atoms with van der Waals surface area (Å²) in [6.07, 6.45) is 5.21. The van der Waals surface area contributed by atoms with Crippen LogP contribution in [0, 0.1) is 19.3 Å². The van der Waals surface area contributed by atoms with Crippen LogP contribution in [-0.2, 0) is 5.41 Å². The molecule has 100 valence electrons. The van der Waals surface area contributed by atoms with Gasteiger partial charge < -0.3 is 5.11 Å². The lowest BCUT2D eigenvalue weighted by atomic mass is 9.56. The van der Waals surface area contributed by atoms with Crippen molar-refractivity contribution < 1.29 is 5.11 Å². The molecule has 1 saturated carbocycles. The summed E-state index contributed by atoms with van der Waals surface area (Å²) in [6, 6.07) is 4.38. The predicted molar refractivity (Wildman–Crippen MR) is 77.2 cm³/mol. The monoisotopic (exact) mass is 246 g/mol. The van der Waals surface area contributed by atoms with E-state index in [-0.39, 0.29) is 5.41 Å². The third-order valence-electron chi connectivity index (χ3n) is 5.35. The van der Waals surface area contributed by atoms with E-state index >= 15 is 0 Å². The number of hydrogen-bond acceptors (Lipinski definition) is 1. The summed E-state index contributed by atoms with van der Waals surface area (Å²) in [7, 11) is 0. The van der Waals surface area contributed by atoms with E-state index in [1.165, 1.54) is 31.2 Å². The molecule has 1 aromatic carbocycles. The zero-order chi connectivity index (χ0) is 13.6. The fourth-order valence-electron chi connectivity index (χ4n) is 3.47. The van der Waals surface area contributed by atoms with E-state index in [0.29, 0.717) is 11.2 Å². The molecule has 0 amide bonds. The minimum Gasteiger partial charge on any atom is -0.507 e. The van der Waals surface area contributed by atoms with Crippen LogP contribution in [0.3, 0.4) is 0 Å². The largest absolute Gasteiger partial charge is 0.507 e. The summed E-state index contributed by atoms with van der Waals surface area (Å²) in [4.78, 5) is 0. The Labute approximate surface area is 111 Å². The highest BCUT2D eigenvalue weighted by Crippen LogP contribution is 2.52. The molecule has 1 aliphatic carbocycles. The Morgan fingerprint density at radius 2 is 1.44 bits per heavy atom. The molecule has 0 heterocycles. The van der Waals surface area contributed by atoms with Crippen LogP contribution >= 0.6 is 0 Å². The first kappa shape index (κ1) is 13.5. The van der Waals surface area contributed by atoms with Gasteiger partial charge >= 0.3 is 0 Å². The number of hydrogen-bond donors (Lipinski definition) is 1. The Morgan fingerprint density at radius 1 is 0.944 bits per heavy atom. The van der Waals surface area contributed by atoms with Crippen LogP contribution in [0.4, 0.5) is 0 Å². The lowest BCUT2D eigenvalue weighted by molar-refractivity contribution is 0.109. The van der Waals surface area contributed by atoms with Gasteiger partial charge in [0.05, 0.1) is 0 Å². The van der Waals surface area contributed by atoms with Gasteiger partial charge in [0.2, 0.25) is 0 Å². The lowest BCUT2D eigenvalue weighted by Gasteiger charge is -2.49. The van der Waals surface area contributed by atoms with Crippen molar-refractivity contribution in [1.29, 1.82) is 0 Å². The van der Waals surface area contributed by atoms with Crippen molar-refractivity contribution in [3.63, 3.8) is 0 Å². The molecule has 0 radical (unpaired) electrons. The average molecular weight is 246 g/mol. The van der Waals surface area contributed by atoms with Crippen molar-refractivity contribution in [2.24, 2.45) is 5.41 Å². The summed E-state index contributed by atoms with van der Waals surface area (Å²) in [5, 5.41) is 9.94. The molecule has 1 fully saturated rings. The van der Waals surface area contributed by atoms with E-state index in [4.69, 9.17) is 0 Å². The smallest absolute Gasteiger partial charge is 0.121 e. The van der Waals surface area contributed by atoms with Crippen LogP contribution < -0.4 is 0 Å². The van der Waals surface area contributed by atoms with E-state index in [0.717, 1.165) is 11.1 Å². The van der Waals surface area contributed by atoms with Crippen LogP contribution in [0.5, 0.6) is 5.75 Å².